The number of nitrogens with zero attached hydrogens (tertiary/aromatic N) is 3. The highest BCUT2D eigenvalue weighted by molar-refractivity contribution is 5.93. The first-order valence-electron chi connectivity index (χ1n) is 8.91. The van der Waals surface area contributed by atoms with Crippen LogP contribution in [0.1, 0.15) is 18.4 Å². The van der Waals surface area contributed by atoms with E-state index in [1.807, 2.05) is 59.2 Å². The van der Waals surface area contributed by atoms with Crippen molar-refractivity contribution in [2.75, 3.05) is 5.32 Å². The van der Waals surface area contributed by atoms with Crippen molar-refractivity contribution in [3.8, 4) is 11.6 Å². The fraction of sp³-hybridized carbons (Fsp3) is 0.190. The lowest BCUT2D eigenvalue weighted by Crippen LogP contribution is -2.19. The number of fused-ring (bicyclic) bond motifs is 1. The minimum absolute atomic E-state index is 0.113. The summed E-state index contributed by atoms with van der Waals surface area (Å²) in [7, 11) is 0. The Hall–Kier alpha value is -3.41. The van der Waals surface area contributed by atoms with Crippen molar-refractivity contribution in [1.29, 1.82) is 0 Å². The first-order valence-corrected chi connectivity index (χ1v) is 8.91. The molecule has 0 aliphatic carbocycles. The average molecular weight is 360 g/mol. The molecule has 2 aromatic heterocycles. The molecular formula is C21H20N4O2. The van der Waals surface area contributed by atoms with Crippen molar-refractivity contribution in [3.05, 3.63) is 66.1 Å². The summed E-state index contributed by atoms with van der Waals surface area (Å²) in [6, 6.07) is 17.7. The maximum atomic E-state index is 12.7. The van der Waals surface area contributed by atoms with E-state index in [1.54, 1.807) is 6.92 Å². The van der Waals surface area contributed by atoms with Crippen molar-refractivity contribution >= 4 is 22.5 Å². The SMILES string of the molecule is CCc1ccc(NC(=O)Cn2c(-c3nnc(C)o3)cc3ccccc32)cc1. The second kappa shape index (κ2) is 7.07. The summed E-state index contributed by atoms with van der Waals surface area (Å²) in [6.07, 6.45) is 0.969. The van der Waals surface area contributed by atoms with E-state index in [0.717, 1.165) is 28.7 Å². The fourth-order valence-corrected chi connectivity index (χ4v) is 3.13. The molecule has 0 fully saturated rings. The van der Waals surface area contributed by atoms with Gasteiger partial charge in [0.25, 0.3) is 5.89 Å². The molecule has 0 saturated heterocycles. The number of para-hydroxylation sites is 1. The van der Waals surface area contributed by atoms with Gasteiger partial charge in [-0.25, -0.2) is 0 Å². The van der Waals surface area contributed by atoms with Gasteiger partial charge in [-0.3, -0.25) is 4.79 Å². The number of aryl methyl sites for hydroxylation is 2. The third kappa shape index (κ3) is 3.46. The number of rotatable bonds is 5. The van der Waals surface area contributed by atoms with Gasteiger partial charge in [0, 0.05) is 23.5 Å². The van der Waals surface area contributed by atoms with E-state index < -0.39 is 0 Å². The maximum absolute atomic E-state index is 12.7. The number of benzene rings is 2. The summed E-state index contributed by atoms with van der Waals surface area (Å²) in [4.78, 5) is 12.7. The molecule has 0 aliphatic heterocycles. The predicted molar refractivity (Wildman–Crippen MR) is 104 cm³/mol. The van der Waals surface area contributed by atoms with Crippen molar-refractivity contribution in [1.82, 2.24) is 14.8 Å². The normalized spacial score (nSPS) is 11.0. The van der Waals surface area contributed by atoms with Gasteiger partial charge in [-0.2, -0.15) is 0 Å². The Kier molecular flexibility index (Phi) is 4.46. The highest BCUT2D eigenvalue weighted by Gasteiger charge is 2.17. The molecule has 1 amide bonds. The number of carbonyl (C=O) groups is 1. The molecule has 0 unspecified atom stereocenters. The largest absolute Gasteiger partial charge is 0.420 e. The quantitative estimate of drug-likeness (QED) is 0.579. The molecule has 27 heavy (non-hydrogen) atoms. The van der Waals surface area contributed by atoms with Gasteiger partial charge in [0.1, 0.15) is 12.2 Å². The molecule has 136 valence electrons. The van der Waals surface area contributed by atoms with E-state index in [0.29, 0.717) is 11.8 Å². The Morgan fingerprint density at radius 3 is 2.59 bits per heavy atom. The van der Waals surface area contributed by atoms with Gasteiger partial charge in [0.05, 0.1) is 0 Å². The van der Waals surface area contributed by atoms with Crippen molar-refractivity contribution in [2.45, 2.75) is 26.8 Å². The molecule has 0 radical (unpaired) electrons. The standard InChI is InChI=1S/C21H20N4O2/c1-3-15-8-10-17(11-9-15)22-20(26)13-25-18-7-5-4-6-16(18)12-19(25)21-24-23-14(2)27-21/h4-12H,3,13H2,1-2H3,(H,22,26). The Bertz CT molecular complexity index is 1090. The highest BCUT2D eigenvalue weighted by Crippen LogP contribution is 2.27. The monoisotopic (exact) mass is 360 g/mol. The lowest BCUT2D eigenvalue weighted by molar-refractivity contribution is -0.116. The van der Waals surface area contributed by atoms with Crippen LogP contribution in [0.3, 0.4) is 0 Å². The number of nitrogens with one attached hydrogen (secondary N) is 1. The van der Waals surface area contributed by atoms with Crippen LogP contribution in [0.5, 0.6) is 0 Å². The second-order valence-electron chi connectivity index (χ2n) is 6.40. The van der Waals surface area contributed by atoms with E-state index in [4.69, 9.17) is 4.42 Å². The zero-order chi connectivity index (χ0) is 18.8. The first-order chi connectivity index (χ1) is 13.1. The van der Waals surface area contributed by atoms with Gasteiger partial charge < -0.3 is 14.3 Å². The van der Waals surface area contributed by atoms with Crippen LogP contribution < -0.4 is 5.32 Å². The number of hydrogen-bond acceptors (Lipinski definition) is 4. The molecule has 1 N–H and O–H groups in total. The van der Waals surface area contributed by atoms with Crippen LogP contribution in [0.15, 0.2) is 59.0 Å². The van der Waals surface area contributed by atoms with Crippen molar-refractivity contribution < 1.29 is 9.21 Å². The summed E-state index contributed by atoms with van der Waals surface area (Å²) < 4.78 is 7.49. The van der Waals surface area contributed by atoms with Crippen LogP contribution in [-0.4, -0.2) is 20.7 Å². The van der Waals surface area contributed by atoms with Crippen molar-refractivity contribution in [3.63, 3.8) is 0 Å². The van der Waals surface area contributed by atoms with Crippen LogP contribution in [0, 0.1) is 6.92 Å². The Morgan fingerprint density at radius 2 is 1.89 bits per heavy atom. The number of amides is 1. The summed E-state index contributed by atoms with van der Waals surface area (Å²) in [5, 5.41) is 12.0. The Morgan fingerprint density at radius 1 is 1.11 bits per heavy atom. The molecule has 4 rings (SSSR count). The lowest BCUT2D eigenvalue weighted by atomic mass is 10.1. The molecule has 4 aromatic rings. The van der Waals surface area contributed by atoms with Crippen molar-refractivity contribution in [2.24, 2.45) is 0 Å². The Balaban J connectivity index is 1.64. The average Bonchev–Trinajstić information content (AvgIpc) is 3.26. The van der Waals surface area contributed by atoms with Gasteiger partial charge in [-0.15, -0.1) is 10.2 Å². The van der Waals surface area contributed by atoms with Crippen LogP contribution >= 0.6 is 0 Å². The molecule has 0 aliphatic rings. The zero-order valence-electron chi connectivity index (χ0n) is 15.3. The molecule has 0 atom stereocenters. The van der Waals surface area contributed by atoms with Gasteiger partial charge >= 0.3 is 0 Å². The molecule has 0 saturated carbocycles. The molecule has 0 bridgehead atoms. The molecule has 6 heteroatoms. The number of hydrogen-bond donors (Lipinski definition) is 1. The number of anilines is 1. The summed E-state index contributed by atoms with van der Waals surface area (Å²) in [6.45, 7) is 4.00. The summed E-state index contributed by atoms with van der Waals surface area (Å²) in [5.41, 5.74) is 3.69. The van der Waals surface area contributed by atoms with Crippen LogP contribution in [0.2, 0.25) is 0 Å². The third-order valence-corrected chi connectivity index (χ3v) is 4.50. The van der Waals surface area contributed by atoms with Crippen LogP contribution in [0.25, 0.3) is 22.5 Å². The summed E-state index contributed by atoms with van der Waals surface area (Å²) >= 11 is 0. The third-order valence-electron chi connectivity index (χ3n) is 4.50. The minimum Gasteiger partial charge on any atom is -0.420 e. The van der Waals surface area contributed by atoms with E-state index in [9.17, 15) is 4.79 Å². The molecule has 6 nitrogen and oxygen atoms in total. The minimum atomic E-state index is -0.113. The lowest BCUT2D eigenvalue weighted by Gasteiger charge is -2.10. The van der Waals surface area contributed by atoms with Gasteiger partial charge in [0.15, 0.2) is 0 Å². The molecular weight excluding hydrogens is 340 g/mol. The van der Waals surface area contributed by atoms with E-state index >= 15 is 0 Å². The van der Waals surface area contributed by atoms with E-state index in [2.05, 4.69) is 22.4 Å². The zero-order valence-corrected chi connectivity index (χ0v) is 15.3. The maximum Gasteiger partial charge on any atom is 0.264 e. The van der Waals surface area contributed by atoms with E-state index in [1.165, 1.54) is 5.56 Å². The van der Waals surface area contributed by atoms with Crippen LogP contribution in [-0.2, 0) is 17.8 Å². The molecule has 0 spiro atoms. The van der Waals surface area contributed by atoms with Gasteiger partial charge in [0.2, 0.25) is 11.8 Å². The topological polar surface area (TPSA) is 73.0 Å². The van der Waals surface area contributed by atoms with Crippen LogP contribution in [0.4, 0.5) is 5.69 Å². The van der Waals surface area contributed by atoms with E-state index in [-0.39, 0.29) is 12.5 Å². The first kappa shape index (κ1) is 17.0. The van der Waals surface area contributed by atoms with Gasteiger partial charge in [-0.1, -0.05) is 37.3 Å². The predicted octanol–water partition coefficient (Wildman–Crippen LogP) is 4.20. The smallest absolute Gasteiger partial charge is 0.264 e. The second-order valence-corrected chi connectivity index (χ2v) is 6.40. The van der Waals surface area contributed by atoms with Gasteiger partial charge in [-0.05, 0) is 36.2 Å². The number of carbonyl (C=O) groups excluding carboxylic acids is 1. The highest BCUT2D eigenvalue weighted by atomic mass is 16.4. The summed E-state index contributed by atoms with van der Waals surface area (Å²) in [5.74, 6) is 0.782. The number of aromatic nitrogens is 3. The molecule has 2 aromatic carbocycles. The molecule has 2 heterocycles. The Labute approximate surface area is 156 Å². The fourth-order valence-electron chi connectivity index (χ4n) is 3.13.